The van der Waals surface area contributed by atoms with Gasteiger partial charge in [0.05, 0.1) is 23.3 Å². The Balaban J connectivity index is 1.65. The third-order valence-electron chi connectivity index (χ3n) is 4.22. The molecule has 0 radical (unpaired) electrons. The first-order valence-corrected chi connectivity index (χ1v) is 8.88. The lowest BCUT2D eigenvalue weighted by Gasteiger charge is -2.36. The predicted molar refractivity (Wildman–Crippen MR) is 98.6 cm³/mol. The molecule has 0 saturated carbocycles. The molecule has 6 heteroatoms. The number of benzene rings is 1. The van der Waals surface area contributed by atoms with Crippen molar-refractivity contribution in [2.24, 2.45) is 0 Å². The Kier molecular flexibility index (Phi) is 5.06. The number of piperidine rings is 1. The fourth-order valence-corrected chi connectivity index (χ4v) is 3.04. The molecule has 0 unspecified atom stereocenters. The van der Waals surface area contributed by atoms with E-state index in [9.17, 15) is 4.79 Å². The number of nitrogens with zero attached hydrogens (tertiary/aromatic N) is 3. The molecule has 1 atom stereocenters. The average Bonchev–Trinajstić information content (AvgIpc) is 2.58. The van der Waals surface area contributed by atoms with Gasteiger partial charge in [-0.1, -0.05) is 12.1 Å². The summed E-state index contributed by atoms with van der Waals surface area (Å²) in [6, 6.07) is 7.90. The molecular weight excluding hydrogens is 316 g/mol. The highest BCUT2D eigenvalue weighted by Gasteiger charge is 2.30. The van der Waals surface area contributed by atoms with Crippen molar-refractivity contribution in [3.05, 3.63) is 30.5 Å². The number of carbonyl (C=O) groups excluding carboxylic acids is 1. The number of nitrogens with one attached hydrogen (secondary N) is 1. The van der Waals surface area contributed by atoms with Crippen molar-refractivity contribution >= 4 is 22.9 Å². The van der Waals surface area contributed by atoms with Crippen molar-refractivity contribution in [1.29, 1.82) is 0 Å². The number of fused-ring (bicyclic) bond motifs is 1. The van der Waals surface area contributed by atoms with Gasteiger partial charge in [-0.15, -0.1) is 0 Å². The Hall–Kier alpha value is -2.37. The van der Waals surface area contributed by atoms with Gasteiger partial charge in [-0.05, 0) is 52.2 Å². The van der Waals surface area contributed by atoms with E-state index in [1.807, 2.05) is 49.9 Å². The van der Waals surface area contributed by atoms with Crippen LogP contribution >= 0.6 is 0 Å². The van der Waals surface area contributed by atoms with E-state index in [2.05, 4.69) is 15.3 Å². The van der Waals surface area contributed by atoms with Crippen molar-refractivity contribution < 1.29 is 9.53 Å². The highest BCUT2D eigenvalue weighted by molar-refractivity contribution is 5.75. The van der Waals surface area contributed by atoms with E-state index in [-0.39, 0.29) is 12.1 Å². The van der Waals surface area contributed by atoms with Crippen LogP contribution in [0.3, 0.4) is 0 Å². The van der Waals surface area contributed by atoms with Crippen molar-refractivity contribution in [3.63, 3.8) is 0 Å². The van der Waals surface area contributed by atoms with Crippen LogP contribution in [0.5, 0.6) is 0 Å². The maximum Gasteiger partial charge on any atom is 0.410 e. The van der Waals surface area contributed by atoms with Crippen LogP contribution in [-0.4, -0.2) is 45.7 Å². The second kappa shape index (κ2) is 7.25. The van der Waals surface area contributed by atoms with E-state index in [0.717, 1.165) is 42.7 Å². The Morgan fingerprint density at radius 1 is 1.28 bits per heavy atom. The second-order valence-electron chi connectivity index (χ2n) is 7.45. The molecule has 3 rings (SSSR count). The molecule has 1 amide bonds. The fourth-order valence-electron chi connectivity index (χ4n) is 3.04. The van der Waals surface area contributed by atoms with Gasteiger partial charge in [0.2, 0.25) is 0 Å². The number of aromatic nitrogens is 2. The number of likely N-dealkylation sites (tertiary alicyclic amines) is 1. The van der Waals surface area contributed by atoms with E-state index in [4.69, 9.17) is 4.74 Å². The summed E-state index contributed by atoms with van der Waals surface area (Å²) in [6.45, 7) is 7.07. The third kappa shape index (κ3) is 4.59. The smallest absolute Gasteiger partial charge is 0.410 e. The van der Waals surface area contributed by atoms with Gasteiger partial charge < -0.3 is 15.0 Å². The molecule has 25 heavy (non-hydrogen) atoms. The Bertz CT molecular complexity index is 742. The molecule has 0 bridgehead atoms. The highest BCUT2D eigenvalue weighted by Crippen LogP contribution is 2.21. The minimum Gasteiger partial charge on any atom is -0.444 e. The quantitative estimate of drug-likeness (QED) is 0.918. The molecule has 1 aromatic heterocycles. The molecule has 6 nitrogen and oxygen atoms in total. The summed E-state index contributed by atoms with van der Waals surface area (Å²) in [6.07, 6.45) is 4.61. The van der Waals surface area contributed by atoms with E-state index in [1.165, 1.54) is 0 Å². The molecular formula is C19H26N4O2. The van der Waals surface area contributed by atoms with Crippen LogP contribution in [0, 0.1) is 0 Å². The largest absolute Gasteiger partial charge is 0.444 e. The molecule has 2 heterocycles. The number of anilines is 1. The molecule has 0 aliphatic carbocycles. The lowest BCUT2D eigenvalue weighted by Crippen LogP contribution is -2.48. The standard InChI is InChI=1S/C19H26N4O2/c1-19(2,3)25-18(24)23-11-7-6-8-14(23)12-21-17-13-20-15-9-4-5-10-16(15)22-17/h4-5,9-10,13-14H,6-8,11-12H2,1-3H3,(H,21,22)/t14-/m1/s1. The van der Waals surface area contributed by atoms with Gasteiger partial charge in [-0.2, -0.15) is 0 Å². The number of para-hydroxylation sites is 2. The Labute approximate surface area is 148 Å². The summed E-state index contributed by atoms with van der Waals surface area (Å²) >= 11 is 0. The number of hydrogen-bond acceptors (Lipinski definition) is 5. The SMILES string of the molecule is CC(C)(C)OC(=O)N1CCCC[C@@H]1CNc1cnc2ccccc2n1. The van der Waals surface area contributed by atoms with E-state index >= 15 is 0 Å². The monoisotopic (exact) mass is 342 g/mol. The van der Waals surface area contributed by atoms with Crippen molar-refractivity contribution in [2.45, 2.75) is 51.7 Å². The van der Waals surface area contributed by atoms with Gasteiger partial charge in [0, 0.05) is 13.1 Å². The van der Waals surface area contributed by atoms with Crippen LogP contribution < -0.4 is 5.32 Å². The third-order valence-corrected chi connectivity index (χ3v) is 4.22. The maximum absolute atomic E-state index is 12.5. The number of rotatable bonds is 3. The summed E-state index contributed by atoms with van der Waals surface area (Å²) in [5.74, 6) is 0.730. The van der Waals surface area contributed by atoms with Crippen molar-refractivity contribution in [1.82, 2.24) is 14.9 Å². The number of hydrogen-bond donors (Lipinski definition) is 1. The van der Waals surface area contributed by atoms with Gasteiger partial charge in [0.25, 0.3) is 0 Å². The summed E-state index contributed by atoms with van der Waals surface area (Å²) in [5.41, 5.74) is 1.26. The Morgan fingerprint density at radius 2 is 2.04 bits per heavy atom. The molecule has 1 aliphatic heterocycles. The minimum atomic E-state index is -0.476. The fraction of sp³-hybridized carbons (Fsp3) is 0.526. The first-order chi connectivity index (χ1) is 11.9. The summed E-state index contributed by atoms with van der Waals surface area (Å²) in [4.78, 5) is 23.3. The molecule has 1 fully saturated rings. The van der Waals surface area contributed by atoms with Crippen molar-refractivity contribution in [3.8, 4) is 0 Å². The molecule has 0 spiro atoms. The van der Waals surface area contributed by atoms with Crippen LogP contribution in [0.4, 0.5) is 10.6 Å². The maximum atomic E-state index is 12.5. The summed E-state index contributed by atoms with van der Waals surface area (Å²) < 4.78 is 5.55. The Morgan fingerprint density at radius 3 is 2.80 bits per heavy atom. The van der Waals surface area contributed by atoms with Gasteiger partial charge in [0.1, 0.15) is 11.4 Å². The molecule has 134 valence electrons. The van der Waals surface area contributed by atoms with Crippen LogP contribution in [0.25, 0.3) is 11.0 Å². The summed E-state index contributed by atoms with van der Waals surface area (Å²) in [7, 11) is 0. The van der Waals surface area contributed by atoms with Crippen LogP contribution in [-0.2, 0) is 4.74 Å². The molecule has 1 saturated heterocycles. The topological polar surface area (TPSA) is 67.3 Å². The van der Waals surface area contributed by atoms with Gasteiger partial charge in [-0.3, -0.25) is 4.98 Å². The zero-order valence-corrected chi connectivity index (χ0v) is 15.2. The number of amides is 1. The molecule has 1 N–H and O–H groups in total. The van der Waals surface area contributed by atoms with Gasteiger partial charge in [0.15, 0.2) is 0 Å². The first-order valence-electron chi connectivity index (χ1n) is 8.88. The number of carbonyl (C=O) groups is 1. The minimum absolute atomic E-state index is 0.108. The lowest BCUT2D eigenvalue weighted by molar-refractivity contribution is 0.0114. The summed E-state index contributed by atoms with van der Waals surface area (Å²) in [5, 5.41) is 3.33. The normalized spacial score (nSPS) is 18.2. The first kappa shape index (κ1) is 17.5. The number of ether oxygens (including phenoxy) is 1. The van der Waals surface area contributed by atoms with E-state index in [0.29, 0.717) is 6.54 Å². The zero-order chi connectivity index (χ0) is 17.9. The molecule has 2 aromatic rings. The van der Waals surface area contributed by atoms with Crippen LogP contribution in [0.1, 0.15) is 40.0 Å². The molecule has 1 aliphatic rings. The van der Waals surface area contributed by atoms with Crippen LogP contribution in [0.2, 0.25) is 0 Å². The van der Waals surface area contributed by atoms with E-state index < -0.39 is 5.60 Å². The van der Waals surface area contributed by atoms with Gasteiger partial charge in [-0.25, -0.2) is 9.78 Å². The predicted octanol–water partition coefficient (Wildman–Crippen LogP) is 3.83. The second-order valence-corrected chi connectivity index (χ2v) is 7.45. The lowest BCUT2D eigenvalue weighted by atomic mass is 10.0. The average molecular weight is 342 g/mol. The van der Waals surface area contributed by atoms with E-state index in [1.54, 1.807) is 6.20 Å². The molecule has 1 aromatic carbocycles. The van der Waals surface area contributed by atoms with Crippen molar-refractivity contribution in [2.75, 3.05) is 18.4 Å². The zero-order valence-electron chi connectivity index (χ0n) is 15.2. The highest BCUT2D eigenvalue weighted by atomic mass is 16.6. The van der Waals surface area contributed by atoms with Crippen LogP contribution in [0.15, 0.2) is 30.5 Å². The van der Waals surface area contributed by atoms with Gasteiger partial charge >= 0.3 is 6.09 Å².